The number of amides is 2. The molecule has 0 aromatic heterocycles. The monoisotopic (exact) mass is 832 g/mol. The Morgan fingerprint density at radius 1 is 0.356 bits per heavy atom. The van der Waals surface area contributed by atoms with E-state index in [1.807, 2.05) is 9.80 Å². The van der Waals surface area contributed by atoms with Crippen LogP contribution in [0, 0.1) is 0 Å². The van der Waals surface area contributed by atoms with Crippen molar-refractivity contribution in [1.82, 2.24) is 24.9 Å². The second-order valence-electron chi connectivity index (χ2n) is 18.7. The van der Waals surface area contributed by atoms with Gasteiger partial charge in [0.15, 0.2) is 0 Å². The van der Waals surface area contributed by atoms with E-state index in [2.05, 4.69) is 42.8 Å². The molecule has 0 spiro atoms. The summed E-state index contributed by atoms with van der Waals surface area (Å²) in [5, 5.41) is 3.41. The highest BCUT2D eigenvalue weighted by Gasteiger charge is 2.25. The topological polar surface area (TPSA) is 59.1 Å². The lowest BCUT2D eigenvalue weighted by Gasteiger charge is -2.36. The summed E-state index contributed by atoms with van der Waals surface area (Å²) in [5.74, 6) is 0.447. The molecule has 1 rings (SSSR count). The van der Waals surface area contributed by atoms with Crippen LogP contribution in [-0.2, 0) is 9.59 Å². The van der Waals surface area contributed by atoms with Crippen LogP contribution < -0.4 is 5.32 Å². The maximum Gasteiger partial charge on any atom is 0.236 e. The van der Waals surface area contributed by atoms with Crippen molar-refractivity contribution in [3.05, 3.63) is 0 Å². The molecule has 59 heavy (non-hydrogen) atoms. The van der Waals surface area contributed by atoms with Gasteiger partial charge < -0.3 is 20.0 Å². The first kappa shape index (κ1) is 55.8. The van der Waals surface area contributed by atoms with Crippen molar-refractivity contribution >= 4 is 11.8 Å². The van der Waals surface area contributed by atoms with Crippen molar-refractivity contribution in [1.29, 1.82) is 0 Å². The lowest BCUT2D eigenvalue weighted by Crippen LogP contribution is -2.54. The zero-order chi connectivity index (χ0) is 42.7. The summed E-state index contributed by atoms with van der Waals surface area (Å²) in [6, 6.07) is 0. The molecular formula is C52H105N5O2. The zero-order valence-electron chi connectivity index (χ0n) is 40.6. The summed E-state index contributed by atoms with van der Waals surface area (Å²) in [5.41, 5.74) is 0. The van der Waals surface area contributed by atoms with Crippen LogP contribution >= 0.6 is 0 Å². The molecule has 1 aliphatic heterocycles. The molecule has 0 saturated carbocycles. The molecule has 0 unspecified atom stereocenters. The lowest BCUT2D eigenvalue weighted by molar-refractivity contribution is -0.139. The summed E-state index contributed by atoms with van der Waals surface area (Å²) in [6.07, 6.45) is 45.7. The Balaban J connectivity index is 2.57. The Labute approximate surface area is 369 Å². The van der Waals surface area contributed by atoms with Crippen molar-refractivity contribution in [3.8, 4) is 0 Å². The summed E-state index contributed by atoms with van der Waals surface area (Å²) in [4.78, 5) is 36.1. The SMILES string of the molecule is CCCCCCCCCCCCNCC(=O)N1CCN(C(=O)CN(CCCCCCCCCCCC)CCN(CCCCCCCCC)CCCCCCCCC)CC1. The van der Waals surface area contributed by atoms with E-state index in [1.54, 1.807) is 0 Å². The molecule has 0 bridgehead atoms. The minimum Gasteiger partial charge on any atom is -0.338 e. The van der Waals surface area contributed by atoms with Crippen LogP contribution in [0.1, 0.15) is 246 Å². The van der Waals surface area contributed by atoms with Crippen LogP contribution in [0.3, 0.4) is 0 Å². The average molecular weight is 832 g/mol. The fourth-order valence-corrected chi connectivity index (χ4v) is 8.84. The lowest BCUT2D eigenvalue weighted by atomic mass is 10.1. The molecule has 1 heterocycles. The molecule has 0 aliphatic carbocycles. The summed E-state index contributed by atoms with van der Waals surface area (Å²) < 4.78 is 0. The first-order valence-electron chi connectivity index (χ1n) is 26.8. The van der Waals surface area contributed by atoms with Gasteiger partial charge >= 0.3 is 0 Å². The minimum atomic E-state index is 0.189. The van der Waals surface area contributed by atoms with Crippen LogP contribution in [-0.4, -0.2) is 110 Å². The van der Waals surface area contributed by atoms with Gasteiger partial charge in [0.1, 0.15) is 0 Å². The number of nitrogens with zero attached hydrogens (tertiary/aromatic N) is 4. The maximum atomic E-state index is 13.8. The van der Waals surface area contributed by atoms with Crippen LogP contribution in [0.4, 0.5) is 0 Å². The Bertz CT molecular complexity index is 876. The third kappa shape index (κ3) is 35.0. The van der Waals surface area contributed by atoms with Crippen molar-refractivity contribution in [2.45, 2.75) is 246 Å². The van der Waals surface area contributed by atoms with Crippen molar-refractivity contribution < 1.29 is 9.59 Å². The fraction of sp³-hybridized carbons (Fsp3) is 0.962. The third-order valence-corrected chi connectivity index (χ3v) is 13.0. The highest BCUT2D eigenvalue weighted by molar-refractivity contribution is 5.80. The molecular weight excluding hydrogens is 727 g/mol. The van der Waals surface area contributed by atoms with Crippen LogP contribution in [0.2, 0.25) is 0 Å². The van der Waals surface area contributed by atoms with Gasteiger partial charge in [-0.2, -0.15) is 0 Å². The normalized spacial score (nSPS) is 13.4. The van der Waals surface area contributed by atoms with E-state index < -0.39 is 0 Å². The smallest absolute Gasteiger partial charge is 0.236 e. The van der Waals surface area contributed by atoms with Gasteiger partial charge in [0.25, 0.3) is 0 Å². The van der Waals surface area contributed by atoms with Crippen molar-refractivity contribution in [3.63, 3.8) is 0 Å². The van der Waals surface area contributed by atoms with Gasteiger partial charge in [0.05, 0.1) is 13.1 Å². The molecule has 0 aromatic rings. The van der Waals surface area contributed by atoms with Gasteiger partial charge in [0.2, 0.25) is 11.8 Å². The van der Waals surface area contributed by atoms with E-state index in [9.17, 15) is 9.59 Å². The fourth-order valence-electron chi connectivity index (χ4n) is 8.84. The van der Waals surface area contributed by atoms with E-state index in [4.69, 9.17) is 0 Å². The van der Waals surface area contributed by atoms with E-state index >= 15 is 0 Å². The van der Waals surface area contributed by atoms with Crippen LogP contribution in [0.5, 0.6) is 0 Å². The Morgan fingerprint density at radius 2 is 0.644 bits per heavy atom. The third-order valence-electron chi connectivity index (χ3n) is 13.0. The standard InChI is InChI=1S/C52H105N5O2/c1-5-9-13-17-21-23-25-27-31-35-39-53-49-51(58)56-45-47-57(48-46-56)52(59)50-55(42-38-34-30-26-24-22-18-14-10-6-2)44-43-54(40-36-32-28-19-15-11-7-3)41-37-33-29-20-16-12-8-4/h53H,5-50H2,1-4H3. The quantitative estimate of drug-likeness (QED) is 0.0620. The van der Waals surface area contributed by atoms with E-state index in [0.717, 1.165) is 32.6 Å². The van der Waals surface area contributed by atoms with Gasteiger partial charge in [-0.05, 0) is 51.9 Å². The molecule has 0 aromatic carbocycles. The molecule has 2 amide bonds. The second-order valence-corrected chi connectivity index (χ2v) is 18.7. The number of carbonyl (C=O) groups is 2. The molecule has 0 radical (unpaired) electrons. The van der Waals surface area contributed by atoms with Gasteiger partial charge in [-0.15, -0.1) is 0 Å². The van der Waals surface area contributed by atoms with Gasteiger partial charge in [-0.25, -0.2) is 0 Å². The molecule has 1 fully saturated rings. The second kappa shape index (κ2) is 43.5. The number of hydrogen-bond donors (Lipinski definition) is 1. The molecule has 1 saturated heterocycles. The summed E-state index contributed by atoms with van der Waals surface area (Å²) >= 11 is 0. The Hall–Kier alpha value is -1.18. The number of carbonyl (C=O) groups excluding carboxylic acids is 2. The summed E-state index contributed by atoms with van der Waals surface area (Å²) in [7, 11) is 0. The maximum absolute atomic E-state index is 13.8. The van der Waals surface area contributed by atoms with Gasteiger partial charge in [0, 0.05) is 39.3 Å². The number of nitrogens with one attached hydrogen (secondary N) is 1. The van der Waals surface area contributed by atoms with E-state index in [1.165, 1.54) is 225 Å². The van der Waals surface area contributed by atoms with E-state index in [-0.39, 0.29) is 11.8 Å². The van der Waals surface area contributed by atoms with Crippen molar-refractivity contribution in [2.24, 2.45) is 0 Å². The first-order valence-corrected chi connectivity index (χ1v) is 26.8. The molecule has 0 atom stereocenters. The van der Waals surface area contributed by atoms with Crippen molar-refractivity contribution in [2.75, 3.05) is 78.5 Å². The number of unbranched alkanes of at least 4 members (excludes halogenated alkanes) is 30. The Kier molecular flexibility index (Phi) is 41.1. The number of piperazine rings is 1. The molecule has 1 aliphatic rings. The predicted octanol–water partition coefficient (Wildman–Crippen LogP) is 13.2. The highest BCUT2D eigenvalue weighted by atomic mass is 16.2. The van der Waals surface area contributed by atoms with E-state index in [0.29, 0.717) is 39.3 Å². The van der Waals surface area contributed by atoms with Crippen LogP contribution in [0.15, 0.2) is 0 Å². The first-order chi connectivity index (χ1) is 29.0. The van der Waals surface area contributed by atoms with Crippen LogP contribution in [0.25, 0.3) is 0 Å². The zero-order valence-corrected chi connectivity index (χ0v) is 40.6. The Morgan fingerprint density at radius 3 is 1.02 bits per heavy atom. The molecule has 1 N–H and O–H groups in total. The van der Waals surface area contributed by atoms with Gasteiger partial charge in [-0.3, -0.25) is 14.5 Å². The van der Waals surface area contributed by atoms with Gasteiger partial charge in [-0.1, -0.05) is 220 Å². The molecule has 7 heteroatoms. The highest BCUT2D eigenvalue weighted by Crippen LogP contribution is 2.14. The molecule has 350 valence electrons. The summed E-state index contributed by atoms with van der Waals surface area (Å²) in [6.45, 7) is 19.2. The predicted molar refractivity (Wildman–Crippen MR) is 259 cm³/mol. The average Bonchev–Trinajstić information content (AvgIpc) is 3.25. The molecule has 7 nitrogen and oxygen atoms in total. The number of hydrogen-bond acceptors (Lipinski definition) is 5. The largest absolute Gasteiger partial charge is 0.338 e. The number of rotatable bonds is 45. The minimum absolute atomic E-state index is 0.189.